The van der Waals surface area contributed by atoms with Crippen molar-refractivity contribution in [2.45, 2.75) is 0 Å². The molecule has 22 heavy (non-hydrogen) atoms. The number of aromatic nitrogens is 2. The topological polar surface area (TPSA) is 34.9 Å². The molecular weight excluding hydrogens is 340 g/mol. The van der Waals surface area contributed by atoms with E-state index in [2.05, 4.69) is 25.5 Å². The van der Waals surface area contributed by atoms with Crippen LogP contribution in [0.1, 0.15) is 0 Å². The third-order valence-electron chi connectivity index (χ3n) is 3.66. The standard InChI is InChI=1S/C18H11BrN2O/c19-17-16(22)11-10-14-18(17)21(12-6-2-1-3-7-12)15-9-5-4-8-13(15)20-14/h1-11H. The Morgan fingerprint density at radius 1 is 0.864 bits per heavy atom. The SMILES string of the molecule is O=c1ccc2nc3ccccc3n(-c3ccccc3)c-2c1Br. The Hall–Kier alpha value is -2.46. The minimum absolute atomic E-state index is 0.0470. The van der Waals surface area contributed by atoms with Gasteiger partial charge in [0.25, 0.3) is 0 Å². The van der Waals surface area contributed by atoms with Crippen LogP contribution in [0.4, 0.5) is 0 Å². The molecule has 1 aliphatic heterocycles. The smallest absolute Gasteiger partial charge is 0.195 e. The highest BCUT2D eigenvalue weighted by Gasteiger charge is 2.18. The molecule has 0 saturated heterocycles. The van der Waals surface area contributed by atoms with Crippen molar-refractivity contribution in [3.05, 3.63) is 81.4 Å². The number of halogens is 1. The van der Waals surface area contributed by atoms with Gasteiger partial charge < -0.3 is 4.57 Å². The molecule has 0 radical (unpaired) electrons. The molecule has 1 heterocycles. The molecule has 0 spiro atoms. The predicted molar refractivity (Wildman–Crippen MR) is 91.7 cm³/mol. The lowest BCUT2D eigenvalue weighted by Crippen LogP contribution is -2.12. The third kappa shape index (κ3) is 1.96. The van der Waals surface area contributed by atoms with Gasteiger partial charge in [-0.25, -0.2) is 4.98 Å². The molecule has 0 bridgehead atoms. The number of para-hydroxylation sites is 3. The van der Waals surface area contributed by atoms with Crippen molar-refractivity contribution >= 4 is 27.0 Å². The third-order valence-corrected chi connectivity index (χ3v) is 4.43. The van der Waals surface area contributed by atoms with Crippen LogP contribution < -0.4 is 5.43 Å². The molecule has 2 aromatic carbocycles. The summed E-state index contributed by atoms with van der Waals surface area (Å²) in [4.78, 5) is 16.7. The van der Waals surface area contributed by atoms with Crippen molar-refractivity contribution in [2.24, 2.45) is 0 Å². The maximum Gasteiger partial charge on any atom is 0.195 e. The molecular formula is C18H11BrN2O. The minimum atomic E-state index is -0.0470. The Bertz CT molecular complexity index is 1010. The minimum Gasteiger partial charge on any atom is -0.305 e. The molecule has 0 aromatic heterocycles. The van der Waals surface area contributed by atoms with Crippen LogP contribution in [0.15, 0.2) is 76.0 Å². The van der Waals surface area contributed by atoms with Crippen molar-refractivity contribution in [2.75, 3.05) is 0 Å². The number of hydrogen-bond donors (Lipinski definition) is 0. The number of rotatable bonds is 1. The van der Waals surface area contributed by atoms with Gasteiger partial charge in [0.2, 0.25) is 0 Å². The fraction of sp³-hybridized carbons (Fsp3) is 0. The molecule has 3 nitrogen and oxygen atoms in total. The summed E-state index contributed by atoms with van der Waals surface area (Å²) in [6, 6.07) is 21.2. The van der Waals surface area contributed by atoms with E-state index < -0.39 is 0 Å². The maximum atomic E-state index is 12.1. The first kappa shape index (κ1) is 13.2. The summed E-state index contributed by atoms with van der Waals surface area (Å²) in [7, 11) is 0. The summed E-state index contributed by atoms with van der Waals surface area (Å²) in [5.74, 6) is 0. The van der Waals surface area contributed by atoms with E-state index in [0.29, 0.717) is 4.47 Å². The Kier molecular flexibility index (Phi) is 3.05. The van der Waals surface area contributed by atoms with Crippen molar-refractivity contribution in [1.29, 1.82) is 0 Å². The molecule has 0 saturated carbocycles. The lowest BCUT2D eigenvalue weighted by molar-refractivity contribution is 1.07. The molecule has 0 unspecified atom stereocenters. The van der Waals surface area contributed by atoms with Gasteiger partial charge in [-0.2, -0.15) is 0 Å². The van der Waals surface area contributed by atoms with Crippen LogP contribution in [0.25, 0.3) is 28.1 Å². The normalized spacial score (nSPS) is 11.1. The van der Waals surface area contributed by atoms with E-state index in [1.165, 1.54) is 0 Å². The highest BCUT2D eigenvalue weighted by molar-refractivity contribution is 9.10. The molecule has 4 heteroatoms. The van der Waals surface area contributed by atoms with Crippen LogP contribution in [0.2, 0.25) is 0 Å². The predicted octanol–water partition coefficient (Wildman–Crippen LogP) is 4.25. The second kappa shape index (κ2) is 5.07. The molecule has 4 rings (SSSR count). The van der Waals surface area contributed by atoms with Crippen LogP contribution in [0.5, 0.6) is 0 Å². The van der Waals surface area contributed by atoms with Crippen LogP contribution in [0, 0.1) is 0 Å². The first-order valence-electron chi connectivity index (χ1n) is 6.91. The van der Waals surface area contributed by atoms with Gasteiger partial charge in [0.1, 0.15) is 0 Å². The zero-order valence-corrected chi connectivity index (χ0v) is 13.1. The van der Waals surface area contributed by atoms with Crippen molar-refractivity contribution < 1.29 is 0 Å². The average Bonchev–Trinajstić information content (AvgIpc) is 2.57. The first-order chi connectivity index (χ1) is 10.8. The monoisotopic (exact) mass is 350 g/mol. The Morgan fingerprint density at radius 2 is 1.59 bits per heavy atom. The highest BCUT2D eigenvalue weighted by Crippen LogP contribution is 2.32. The number of hydrogen-bond acceptors (Lipinski definition) is 2. The van der Waals surface area contributed by atoms with Crippen LogP contribution >= 0.6 is 15.9 Å². The lowest BCUT2D eigenvalue weighted by atomic mass is 10.1. The van der Waals surface area contributed by atoms with Gasteiger partial charge in [-0.1, -0.05) is 30.3 Å². The van der Waals surface area contributed by atoms with Crippen molar-refractivity contribution in [3.8, 4) is 17.1 Å². The summed E-state index contributed by atoms with van der Waals surface area (Å²) in [5.41, 5.74) is 4.38. The molecule has 1 aliphatic carbocycles. The zero-order chi connectivity index (χ0) is 15.1. The van der Waals surface area contributed by atoms with Gasteiger partial charge in [-0.3, -0.25) is 4.79 Å². The molecule has 0 fully saturated rings. The van der Waals surface area contributed by atoms with E-state index in [0.717, 1.165) is 28.1 Å². The molecule has 0 amide bonds. The van der Waals surface area contributed by atoms with Crippen LogP contribution in [0.3, 0.4) is 0 Å². The molecule has 0 N–H and O–H groups in total. The average molecular weight is 351 g/mol. The van der Waals surface area contributed by atoms with E-state index >= 15 is 0 Å². The van der Waals surface area contributed by atoms with Gasteiger partial charge in [-0.05, 0) is 52.3 Å². The van der Waals surface area contributed by atoms with E-state index in [4.69, 9.17) is 0 Å². The lowest BCUT2D eigenvalue weighted by Gasteiger charge is -2.19. The summed E-state index contributed by atoms with van der Waals surface area (Å²) in [6.45, 7) is 0. The van der Waals surface area contributed by atoms with Crippen LogP contribution in [-0.2, 0) is 0 Å². The molecule has 2 aliphatic rings. The van der Waals surface area contributed by atoms with E-state index in [1.54, 1.807) is 12.1 Å². The molecule has 106 valence electrons. The van der Waals surface area contributed by atoms with Crippen molar-refractivity contribution in [1.82, 2.24) is 9.55 Å². The van der Waals surface area contributed by atoms with Gasteiger partial charge in [0.05, 0.1) is 26.9 Å². The summed E-state index contributed by atoms with van der Waals surface area (Å²) >= 11 is 3.44. The summed E-state index contributed by atoms with van der Waals surface area (Å²) in [5, 5.41) is 0. The Labute approximate surface area is 135 Å². The number of nitrogens with zero attached hydrogens (tertiary/aromatic N) is 2. The first-order valence-corrected chi connectivity index (χ1v) is 7.70. The number of benzene rings is 3. The van der Waals surface area contributed by atoms with E-state index in [9.17, 15) is 4.79 Å². The number of fused-ring (bicyclic) bond motifs is 2. The fourth-order valence-corrected chi connectivity index (χ4v) is 3.19. The van der Waals surface area contributed by atoms with Gasteiger partial charge in [0.15, 0.2) is 5.43 Å². The molecule has 2 aromatic rings. The zero-order valence-electron chi connectivity index (χ0n) is 11.5. The van der Waals surface area contributed by atoms with Gasteiger partial charge in [-0.15, -0.1) is 0 Å². The van der Waals surface area contributed by atoms with Gasteiger partial charge >= 0.3 is 0 Å². The highest BCUT2D eigenvalue weighted by atomic mass is 79.9. The van der Waals surface area contributed by atoms with Crippen molar-refractivity contribution in [3.63, 3.8) is 0 Å². The Balaban J connectivity index is 2.28. The molecule has 0 atom stereocenters. The second-order valence-electron chi connectivity index (χ2n) is 5.02. The quantitative estimate of drug-likeness (QED) is 0.481. The van der Waals surface area contributed by atoms with E-state index in [1.807, 2.05) is 54.6 Å². The van der Waals surface area contributed by atoms with Crippen LogP contribution in [-0.4, -0.2) is 9.55 Å². The fourth-order valence-electron chi connectivity index (χ4n) is 2.68. The largest absolute Gasteiger partial charge is 0.305 e. The Morgan fingerprint density at radius 3 is 2.41 bits per heavy atom. The van der Waals surface area contributed by atoms with Gasteiger partial charge in [0, 0.05) is 5.69 Å². The summed E-state index contributed by atoms with van der Waals surface area (Å²) in [6.07, 6.45) is 0. The maximum absolute atomic E-state index is 12.1. The van der Waals surface area contributed by atoms with E-state index in [-0.39, 0.29) is 5.43 Å². The second-order valence-corrected chi connectivity index (χ2v) is 5.81. The summed E-state index contributed by atoms with van der Waals surface area (Å²) < 4.78 is 2.61.